The zero-order chi connectivity index (χ0) is 14.8. The van der Waals surface area contributed by atoms with Crippen molar-refractivity contribution >= 4 is 5.97 Å². The van der Waals surface area contributed by atoms with Gasteiger partial charge in [-0.15, -0.1) is 0 Å². The molecule has 1 atom stereocenters. The van der Waals surface area contributed by atoms with Crippen LogP contribution in [0.25, 0.3) is 0 Å². The molecular weight excluding hydrogens is 271 g/mol. The molecule has 1 aromatic carbocycles. The number of aromatic nitrogens is 1. The Bertz CT molecular complexity index is 675. The Morgan fingerprint density at radius 1 is 1.33 bits per heavy atom. The summed E-state index contributed by atoms with van der Waals surface area (Å²) in [5.74, 6) is -1.28. The number of carbonyl (C=O) groups is 1. The molecule has 0 fully saturated rings. The highest BCUT2D eigenvalue weighted by atomic mass is 19.1. The van der Waals surface area contributed by atoms with Crippen LogP contribution >= 0.6 is 0 Å². The van der Waals surface area contributed by atoms with Crippen molar-refractivity contribution in [2.24, 2.45) is 0 Å². The van der Waals surface area contributed by atoms with Gasteiger partial charge in [-0.05, 0) is 23.6 Å². The average Bonchev–Trinajstić information content (AvgIpc) is 2.48. The Morgan fingerprint density at radius 3 is 2.81 bits per heavy atom. The lowest BCUT2D eigenvalue weighted by molar-refractivity contribution is -0.144. The van der Waals surface area contributed by atoms with Crippen molar-refractivity contribution in [3.05, 3.63) is 65.2 Å². The van der Waals surface area contributed by atoms with E-state index in [1.165, 1.54) is 6.20 Å². The van der Waals surface area contributed by atoms with Gasteiger partial charge in [0.2, 0.25) is 0 Å². The number of nitrogens with zero attached hydrogens (tertiary/aromatic N) is 2. The van der Waals surface area contributed by atoms with Gasteiger partial charge in [-0.3, -0.25) is 14.7 Å². The minimum atomic E-state index is -0.876. The molecule has 5 heteroatoms. The third-order valence-electron chi connectivity index (χ3n) is 3.86. The van der Waals surface area contributed by atoms with Crippen molar-refractivity contribution in [2.45, 2.75) is 25.6 Å². The molecule has 0 saturated heterocycles. The van der Waals surface area contributed by atoms with Crippen LogP contribution in [0.5, 0.6) is 0 Å². The SMILES string of the molecule is O=C(O)C1Cc2ccccc2CN1Cc1ccncc1F. The Kier molecular flexibility index (Phi) is 3.66. The van der Waals surface area contributed by atoms with E-state index in [1.807, 2.05) is 24.3 Å². The summed E-state index contributed by atoms with van der Waals surface area (Å²) in [7, 11) is 0. The summed E-state index contributed by atoms with van der Waals surface area (Å²) in [4.78, 5) is 17.0. The van der Waals surface area contributed by atoms with E-state index in [1.54, 1.807) is 11.0 Å². The summed E-state index contributed by atoms with van der Waals surface area (Å²) < 4.78 is 13.7. The van der Waals surface area contributed by atoms with Crippen LogP contribution in [0.3, 0.4) is 0 Å². The van der Waals surface area contributed by atoms with E-state index in [2.05, 4.69) is 4.98 Å². The van der Waals surface area contributed by atoms with E-state index in [4.69, 9.17) is 0 Å². The second kappa shape index (κ2) is 5.61. The lowest BCUT2D eigenvalue weighted by atomic mass is 9.93. The van der Waals surface area contributed by atoms with E-state index >= 15 is 0 Å². The smallest absolute Gasteiger partial charge is 0.321 e. The molecule has 0 spiro atoms. The number of hydrogen-bond donors (Lipinski definition) is 1. The van der Waals surface area contributed by atoms with Crippen molar-refractivity contribution in [1.82, 2.24) is 9.88 Å². The largest absolute Gasteiger partial charge is 0.480 e. The van der Waals surface area contributed by atoms with Crippen LogP contribution in [-0.2, 0) is 24.3 Å². The second-order valence-corrected chi connectivity index (χ2v) is 5.20. The second-order valence-electron chi connectivity index (χ2n) is 5.20. The van der Waals surface area contributed by atoms with Crippen molar-refractivity contribution in [2.75, 3.05) is 0 Å². The lowest BCUT2D eigenvalue weighted by Gasteiger charge is -2.34. The first-order chi connectivity index (χ1) is 10.1. The van der Waals surface area contributed by atoms with Crippen molar-refractivity contribution in [1.29, 1.82) is 0 Å². The molecule has 4 nitrogen and oxygen atoms in total. The zero-order valence-electron chi connectivity index (χ0n) is 11.4. The number of rotatable bonds is 3. The van der Waals surface area contributed by atoms with E-state index in [9.17, 15) is 14.3 Å². The highest BCUT2D eigenvalue weighted by molar-refractivity contribution is 5.74. The standard InChI is InChI=1S/C16H15FN2O2/c17-14-8-18-6-5-13(14)10-19-9-12-4-2-1-3-11(12)7-15(19)16(20)21/h1-6,8,15H,7,9-10H2,(H,20,21). The van der Waals surface area contributed by atoms with E-state index < -0.39 is 17.8 Å². The van der Waals surface area contributed by atoms with Crippen LogP contribution in [0.2, 0.25) is 0 Å². The van der Waals surface area contributed by atoms with Crippen LogP contribution in [0.4, 0.5) is 4.39 Å². The van der Waals surface area contributed by atoms with Crippen molar-refractivity contribution in [3.63, 3.8) is 0 Å². The number of pyridine rings is 1. The van der Waals surface area contributed by atoms with Gasteiger partial charge in [-0.2, -0.15) is 0 Å². The summed E-state index contributed by atoms with van der Waals surface area (Å²) in [6, 6.07) is 8.75. The van der Waals surface area contributed by atoms with Crippen LogP contribution < -0.4 is 0 Å². The average molecular weight is 286 g/mol. The van der Waals surface area contributed by atoms with Crippen LogP contribution in [0.15, 0.2) is 42.7 Å². The molecule has 0 bridgehead atoms. The Morgan fingerprint density at radius 2 is 2.10 bits per heavy atom. The minimum Gasteiger partial charge on any atom is -0.480 e. The van der Waals surface area contributed by atoms with E-state index in [-0.39, 0.29) is 6.54 Å². The molecule has 1 aliphatic rings. The topological polar surface area (TPSA) is 53.4 Å². The fraction of sp³-hybridized carbons (Fsp3) is 0.250. The van der Waals surface area contributed by atoms with E-state index in [0.717, 1.165) is 17.3 Å². The summed E-state index contributed by atoms with van der Waals surface area (Å²) in [6.45, 7) is 0.772. The molecule has 1 aromatic heterocycles. The summed E-state index contributed by atoms with van der Waals surface area (Å²) in [5.41, 5.74) is 2.62. The Balaban J connectivity index is 1.89. The number of carboxylic acids is 1. The third kappa shape index (κ3) is 2.78. The molecule has 0 amide bonds. The first-order valence-corrected chi connectivity index (χ1v) is 6.77. The molecule has 21 heavy (non-hydrogen) atoms. The van der Waals surface area contributed by atoms with Crippen molar-refractivity contribution < 1.29 is 14.3 Å². The first-order valence-electron chi connectivity index (χ1n) is 6.77. The van der Waals surface area contributed by atoms with E-state index in [0.29, 0.717) is 18.5 Å². The quantitative estimate of drug-likeness (QED) is 0.940. The number of aliphatic carboxylic acids is 1. The van der Waals surface area contributed by atoms with Gasteiger partial charge in [0.15, 0.2) is 0 Å². The molecule has 0 radical (unpaired) electrons. The minimum absolute atomic E-state index is 0.264. The molecule has 1 unspecified atom stereocenters. The Hall–Kier alpha value is -2.27. The van der Waals surface area contributed by atoms with Gasteiger partial charge in [-0.25, -0.2) is 4.39 Å². The molecule has 1 aliphatic heterocycles. The highest BCUT2D eigenvalue weighted by Crippen LogP contribution is 2.25. The monoisotopic (exact) mass is 286 g/mol. The van der Waals surface area contributed by atoms with Crippen LogP contribution in [0.1, 0.15) is 16.7 Å². The van der Waals surface area contributed by atoms with Crippen LogP contribution in [-0.4, -0.2) is 27.0 Å². The van der Waals surface area contributed by atoms with Gasteiger partial charge in [0.1, 0.15) is 11.9 Å². The molecule has 1 N–H and O–H groups in total. The van der Waals surface area contributed by atoms with Crippen LogP contribution in [0, 0.1) is 5.82 Å². The predicted molar refractivity (Wildman–Crippen MR) is 75.0 cm³/mol. The first kappa shape index (κ1) is 13.7. The zero-order valence-corrected chi connectivity index (χ0v) is 11.4. The van der Waals surface area contributed by atoms with Gasteiger partial charge in [0, 0.05) is 24.8 Å². The number of halogens is 1. The third-order valence-corrected chi connectivity index (χ3v) is 3.86. The maximum Gasteiger partial charge on any atom is 0.321 e. The van der Waals surface area contributed by atoms with Crippen molar-refractivity contribution in [3.8, 4) is 0 Å². The molecule has 0 saturated carbocycles. The lowest BCUT2D eigenvalue weighted by Crippen LogP contribution is -2.45. The number of hydrogen-bond acceptors (Lipinski definition) is 3. The highest BCUT2D eigenvalue weighted by Gasteiger charge is 2.31. The molecule has 108 valence electrons. The Labute approximate surface area is 121 Å². The number of benzene rings is 1. The summed E-state index contributed by atoms with van der Waals surface area (Å²) in [5, 5.41) is 9.43. The van der Waals surface area contributed by atoms with Gasteiger partial charge >= 0.3 is 5.97 Å². The van der Waals surface area contributed by atoms with Gasteiger partial charge in [0.25, 0.3) is 0 Å². The summed E-state index contributed by atoms with van der Waals surface area (Å²) in [6.07, 6.45) is 3.12. The van der Waals surface area contributed by atoms with Gasteiger partial charge in [-0.1, -0.05) is 24.3 Å². The van der Waals surface area contributed by atoms with Gasteiger partial charge < -0.3 is 5.11 Å². The fourth-order valence-corrected chi connectivity index (χ4v) is 2.74. The van der Waals surface area contributed by atoms with Gasteiger partial charge in [0.05, 0.1) is 6.20 Å². The maximum absolute atomic E-state index is 13.7. The predicted octanol–water partition coefficient (Wildman–Crippen LogP) is 2.23. The molecule has 3 rings (SSSR count). The molecule has 0 aliphatic carbocycles. The fourth-order valence-electron chi connectivity index (χ4n) is 2.74. The maximum atomic E-state index is 13.7. The molecule has 2 aromatic rings. The normalized spacial score (nSPS) is 18.2. The number of carboxylic acid groups (broad SMARTS) is 1. The molecule has 2 heterocycles. The number of fused-ring (bicyclic) bond motifs is 1. The molecular formula is C16H15FN2O2. The summed E-state index contributed by atoms with van der Waals surface area (Å²) >= 11 is 0.